The smallest absolute Gasteiger partial charge is 0.307 e. The second-order valence-electron chi connectivity index (χ2n) is 11.1. The number of carboxylic acids is 1. The standard InChI is InChI=1S/C34H40ClN3O7S/c1-21(23-8-6-22(7-9-23)12-33(39)40)36-20-38-19-32(46)37(18-28-30(44-4)15-27(42-2)16-31(28)45-5)17-25(34(38)41)13-24-14-26(35)10-11-29(24)43-3/h6-11,14-16,21,25,36H,12-13,17-20H2,1-5H3,(H,39,40)/t21-,25-/m1/s1. The highest BCUT2D eigenvalue weighted by atomic mass is 35.5. The van der Waals surface area contributed by atoms with Crippen molar-refractivity contribution in [1.29, 1.82) is 0 Å². The fraction of sp³-hybridized carbons (Fsp3) is 0.382. The molecular formula is C34H40ClN3O7S. The minimum absolute atomic E-state index is 0.0363. The van der Waals surface area contributed by atoms with E-state index < -0.39 is 11.9 Å². The maximum atomic E-state index is 14.2. The first kappa shape index (κ1) is 34.8. The number of hydrogen-bond donors (Lipinski definition) is 2. The van der Waals surface area contributed by atoms with Gasteiger partial charge in [-0.25, -0.2) is 0 Å². The molecule has 46 heavy (non-hydrogen) atoms. The van der Waals surface area contributed by atoms with Crippen LogP contribution in [0.2, 0.25) is 5.02 Å². The van der Waals surface area contributed by atoms with Crippen molar-refractivity contribution in [2.75, 3.05) is 48.2 Å². The highest BCUT2D eigenvalue weighted by molar-refractivity contribution is 7.80. The minimum atomic E-state index is -0.877. The molecule has 1 aliphatic rings. The van der Waals surface area contributed by atoms with Gasteiger partial charge < -0.3 is 33.9 Å². The summed E-state index contributed by atoms with van der Waals surface area (Å²) in [6, 6.07) is 16.3. The number of nitrogens with zero attached hydrogens (tertiary/aromatic N) is 2. The molecule has 3 aromatic carbocycles. The van der Waals surface area contributed by atoms with Gasteiger partial charge in [0.2, 0.25) is 5.91 Å². The van der Waals surface area contributed by atoms with Gasteiger partial charge in [-0.15, -0.1) is 0 Å². The zero-order chi connectivity index (χ0) is 33.4. The molecule has 0 spiro atoms. The van der Waals surface area contributed by atoms with Gasteiger partial charge in [-0.1, -0.05) is 48.1 Å². The summed E-state index contributed by atoms with van der Waals surface area (Å²) in [5, 5.41) is 13.1. The van der Waals surface area contributed by atoms with Crippen LogP contribution < -0.4 is 24.3 Å². The quantitative estimate of drug-likeness (QED) is 0.224. The third-order valence-corrected chi connectivity index (χ3v) is 8.70. The van der Waals surface area contributed by atoms with E-state index in [1.54, 1.807) is 57.6 Å². The monoisotopic (exact) mass is 669 g/mol. The Morgan fingerprint density at radius 3 is 2.22 bits per heavy atom. The van der Waals surface area contributed by atoms with Crippen LogP contribution in [-0.2, 0) is 29.0 Å². The number of nitrogens with one attached hydrogen (secondary N) is 1. The third-order valence-electron chi connectivity index (χ3n) is 8.08. The van der Waals surface area contributed by atoms with Gasteiger partial charge in [0.25, 0.3) is 0 Å². The number of thiocarbonyl (C=S) groups is 1. The summed E-state index contributed by atoms with van der Waals surface area (Å²) in [4.78, 5) is 29.6. The van der Waals surface area contributed by atoms with Crippen molar-refractivity contribution in [1.82, 2.24) is 15.1 Å². The molecule has 0 unspecified atom stereocenters. The van der Waals surface area contributed by atoms with Crippen LogP contribution >= 0.6 is 23.8 Å². The molecule has 0 radical (unpaired) electrons. The number of amides is 1. The molecule has 1 amide bonds. The van der Waals surface area contributed by atoms with Gasteiger partial charge >= 0.3 is 5.97 Å². The van der Waals surface area contributed by atoms with Gasteiger partial charge in [0.1, 0.15) is 23.0 Å². The largest absolute Gasteiger partial charge is 0.496 e. The number of benzene rings is 3. The summed E-state index contributed by atoms with van der Waals surface area (Å²) in [6.07, 6.45) is 0.348. The minimum Gasteiger partial charge on any atom is -0.496 e. The lowest BCUT2D eigenvalue weighted by atomic mass is 9.96. The van der Waals surface area contributed by atoms with Crippen molar-refractivity contribution in [3.8, 4) is 23.0 Å². The van der Waals surface area contributed by atoms with Crippen LogP contribution in [0.25, 0.3) is 0 Å². The molecule has 3 aromatic rings. The van der Waals surface area contributed by atoms with E-state index in [-0.39, 0.29) is 31.6 Å². The van der Waals surface area contributed by atoms with E-state index in [0.717, 1.165) is 22.3 Å². The lowest BCUT2D eigenvalue weighted by Crippen LogP contribution is -2.44. The Morgan fingerprint density at radius 2 is 1.63 bits per heavy atom. The molecule has 10 nitrogen and oxygen atoms in total. The van der Waals surface area contributed by atoms with Gasteiger partial charge in [0.15, 0.2) is 0 Å². The average molecular weight is 670 g/mol. The van der Waals surface area contributed by atoms with Crippen molar-refractivity contribution in [3.05, 3.63) is 81.9 Å². The van der Waals surface area contributed by atoms with Gasteiger partial charge in [0.05, 0.1) is 71.1 Å². The van der Waals surface area contributed by atoms with E-state index >= 15 is 0 Å². The summed E-state index contributed by atoms with van der Waals surface area (Å²) in [6.45, 7) is 3.18. The summed E-state index contributed by atoms with van der Waals surface area (Å²) < 4.78 is 22.4. The maximum Gasteiger partial charge on any atom is 0.307 e. The first-order chi connectivity index (χ1) is 22.1. The number of halogens is 1. The molecule has 0 bridgehead atoms. The van der Waals surface area contributed by atoms with Gasteiger partial charge in [0, 0.05) is 29.7 Å². The first-order valence-corrected chi connectivity index (χ1v) is 15.6. The number of carbonyl (C=O) groups is 2. The van der Waals surface area contributed by atoms with Crippen LogP contribution in [-0.4, -0.2) is 80.0 Å². The Hall–Kier alpha value is -4.06. The number of ether oxygens (including phenoxy) is 4. The van der Waals surface area contributed by atoms with Crippen LogP contribution in [0.5, 0.6) is 23.0 Å². The fourth-order valence-corrected chi connectivity index (χ4v) is 6.03. The Morgan fingerprint density at radius 1 is 0.978 bits per heavy atom. The Bertz CT molecular complexity index is 1530. The second-order valence-corrected chi connectivity index (χ2v) is 12.0. The molecule has 12 heteroatoms. The van der Waals surface area contributed by atoms with Crippen molar-refractivity contribution < 1.29 is 33.6 Å². The van der Waals surface area contributed by atoms with Gasteiger partial charge in [-0.3, -0.25) is 14.9 Å². The number of carboxylic acid groups (broad SMARTS) is 1. The summed E-state index contributed by atoms with van der Waals surface area (Å²) in [7, 11) is 6.35. The van der Waals surface area contributed by atoms with Crippen molar-refractivity contribution in [3.63, 3.8) is 0 Å². The topological polar surface area (TPSA) is 110 Å². The normalized spacial score (nSPS) is 15.7. The summed E-state index contributed by atoms with van der Waals surface area (Å²) >= 11 is 12.3. The second kappa shape index (κ2) is 16.0. The van der Waals surface area contributed by atoms with Crippen molar-refractivity contribution in [2.45, 2.75) is 32.4 Å². The van der Waals surface area contributed by atoms with Crippen LogP contribution in [0.15, 0.2) is 54.6 Å². The number of hydrogen-bond acceptors (Lipinski definition) is 8. The van der Waals surface area contributed by atoms with Crippen LogP contribution in [0.1, 0.15) is 35.2 Å². The van der Waals surface area contributed by atoms with Gasteiger partial charge in [-0.05, 0) is 48.2 Å². The first-order valence-electron chi connectivity index (χ1n) is 14.8. The third kappa shape index (κ3) is 8.60. The molecule has 1 saturated heterocycles. The van der Waals surface area contributed by atoms with E-state index in [9.17, 15) is 9.59 Å². The molecule has 2 N–H and O–H groups in total. The molecule has 1 heterocycles. The Balaban J connectivity index is 1.61. The maximum absolute atomic E-state index is 14.2. The molecule has 1 fully saturated rings. The number of rotatable bonds is 14. The molecule has 0 aliphatic carbocycles. The molecule has 4 rings (SSSR count). The number of carbonyl (C=O) groups excluding carboxylic acids is 1. The summed E-state index contributed by atoms with van der Waals surface area (Å²) in [5.74, 6) is 1.01. The molecule has 2 atom stereocenters. The van der Waals surface area contributed by atoms with E-state index in [1.165, 1.54) is 0 Å². The zero-order valence-corrected chi connectivity index (χ0v) is 28.2. The molecule has 246 valence electrons. The molecular weight excluding hydrogens is 630 g/mol. The predicted molar refractivity (Wildman–Crippen MR) is 180 cm³/mol. The summed E-state index contributed by atoms with van der Waals surface area (Å²) in [5.41, 5.74) is 3.30. The van der Waals surface area contributed by atoms with E-state index in [4.69, 9.17) is 47.9 Å². The zero-order valence-electron chi connectivity index (χ0n) is 26.7. The van der Waals surface area contributed by atoms with Gasteiger partial charge in [-0.2, -0.15) is 0 Å². The van der Waals surface area contributed by atoms with E-state index in [0.29, 0.717) is 52.5 Å². The lowest BCUT2D eigenvalue weighted by Gasteiger charge is -2.27. The highest BCUT2D eigenvalue weighted by Gasteiger charge is 2.34. The lowest BCUT2D eigenvalue weighted by molar-refractivity contribution is -0.136. The van der Waals surface area contributed by atoms with Crippen LogP contribution in [0.3, 0.4) is 0 Å². The van der Waals surface area contributed by atoms with Crippen molar-refractivity contribution in [2.24, 2.45) is 5.92 Å². The Kier molecular flexibility index (Phi) is 12.1. The SMILES string of the molecule is COc1cc(OC)c(CN2C[C@@H](Cc3cc(Cl)ccc3OC)C(=O)N(CN[C@H](C)c3ccc(CC(=O)O)cc3)CC2=S)c(OC)c1. The van der Waals surface area contributed by atoms with Crippen molar-refractivity contribution >= 4 is 40.7 Å². The molecule has 0 aromatic heterocycles. The molecule has 0 saturated carbocycles. The fourth-order valence-electron chi connectivity index (χ4n) is 5.54. The molecule has 1 aliphatic heterocycles. The van der Waals surface area contributed by atoms with E-state index in [2.05, 4.69) is 5.32 Å². The van der Waals surface area contributed by atoms with Crippen LogP contribution in [0.4, 0.5) is 0 Å². The number of methoxy groups -OCH3 is 4. The average Bonchev–Trinajstić information content (AvgIpc) is 3.15. The highest BCUT2D eigenvalue weighted by Crippen LogP contribution is 2.36. The van der Waals surface area contributed by atoms with E-state index in [1.807, 2.05) is 42.2 Å². The van der Waals surface area contributed by atoms with Crippen LogP contribution in [0, 0.1) is 5.92 Å². The Labute approximate surface area is 280 Å². The number of aliphatic carboxylic acids is 1. The predicted octanol–water partition coefficient (Wildman–Crippen LogP) is 5.14.